The summed E-state index contributed by atoms with van der Waals surface area (Å²) in [6.07, 6.45) is 5.07. The molecule has 0 heterocycles. The fourth-order valence-electron chi connectivity index (χ4n) is 1.56. The SMILES string of the molecule is CCC(CNC1CC1)OCCCOCCOC. The van der Waals surface area contributed by atoms with Gasteiger partial charge in [0.2, 0.25) is 0 Å². The summed E-state index contributed by atoms with van der Waals surface area (Å²) in [5.74, 6) is 0. The van der Waals surface area contributed by atoms with Crippen molar-refractivity contribution in [1.82, 2.24) is 5.32 Å². The molecule has 1 atom stereocenters. The average Bonchev–Trinajstić information content (AvgIpc) is 3.16. The van der Waals surface area contributed by atoms with Crippen LogP contribution in [0.25, 0.3) is 0 Å². The third-order valence-corrected chi connectivity index (χ3v) is 2.89. The van der Waals surface area contributed by atoms with Crippen molar-refractivity contribution in [1.29, 1.82) is 0 Å². The van der Waals surface area contributed by atoms with Crippen molar-refractivity contribution in [2.45, 2.75) is 44.8 Å². The Kier molecular flexibility index (Phi) is 8.61. The van der Waals surface area contributed by atoms with Crippen molar-refractivity contribution in [2.24, 2.45) is 0 Å². The lowest BCUT2D eigenvalue weighted by molar-refractivity contribution is 0.0223. The van der Waals surface area contributed by atoms with Crippen LogP contribution in [0.2, 0.25) is 0 Å². The second-order valence-corrected chi connectivity index (χ2v) is 4.54. The van der Waals surface area contributed by atoms with Gasteiger partial charge in [-0.3, -0.25) is 0 Å². The molecule has 0 aliphatic heterocycles. The van der Waals surface area contributed by atoms with Crippen molar-refractivity contribution >= 4 is 0 Å². The van der Waals surface area contributed by atoms with E-state index in [4.69, 9.17) is 14.2 Å². The molecule has 0 spiro atoms. The monoisotopic (exact) mass is 245 g/mol. The van der Waals surface area contributed by atoms with Gasteiger partial charge in [-0.15, -0.1) is 0 Å². The smallest absolute Gasteiger partial charge is 0.0700 e. The van der Waals surface area contributed by atoms with E-state index < -0.39 is 0 Å². The van der Waals surface area contributed by atoms with Crippen molar-refractivity contribution < 1.29 is 14.2 Å². The number of ether oxygens (including phenoxy) is 3. The predicted molar refractivity (Wildman–Crippen MR) is 68.4 cm³/mol. The fourth-order valence-corrected chi connectivity index (χ4v) is 1.56. The van der Waals surface area contributed by atoms with Crippen LogP contribution in [0.5, 0.6) is 0 Å². The summed E-state index contributed by atoms with van der Waals surface area (Å²) in [7, 11) is 1.69. The van der Waals surface area contributed by atoms with Crippen LogP contribution in [-0.4, -0.2) is 52.2 Å². The maximum Gasteiger partial charge on any atom is 0.0700 e. The molecule has 0 aromatic carbocycles. The van der Waals surface area contributed by atoms with Crippen molar-refractivity contribution in [3.05, 3.63) is 0 Å². The van der Waals surface area contributed by atoms with Gasteiger partial charge in [-0.1, -0.05) is 6.92 Å². The van der Waals surface area contributed by atoms with Crippen molar-refractivity contribution in [3.8, 4) is 0 Å². The Bertz CT molecular complexity index is 174. The molecule has 1 unspecified atom stereocenters. The summed E-state index contributed by atoms with van der Waals surface area (Å²) in [6, 6.07) is 0.769. The van der Waals surface area contributed by atoms with Gasteiger partial charge in [0, 0.05) is 32.9 Å². The minimum absolute atomic E-state index is 0.356. The highest BCUT2D eigenvalue weighted by Crippen LogP contribution is 2.18. The molecular weight excluding hydrogens is 218 g/mol. The van der Waals surface area contributed by atoms with Crippen LogP contribution < -0.4 is 5.32 Å². The van der Waals surface area contributed by atoms with E-state index in [-0.39, 0.29) is 0 Å². The lowest BCUT2D eigenvalue weighted by atomic mass is 10.2. The predicted octanol–water partition coefficient (Wildman–Crippen LogP) is 1.59. The molecule has 1 saturated carbocycles. The van der Waals surface area contributed by atoms with Crippen LogP contribution in [0, 0.1) is 0 Å². The standard InChI is InChI=1S/C13H27NO3/c1-3-13(11-14-12-5-6-12)17-8-4-7-16-10-9-15-2/h12-14H,3-11H2,1-2H3. The van der Waals surface area contributed by atoms with Crippen LogP contribution in [-0.2, 0) is 14.2 Å². The maximum absolute atomic E-state index is 5.80. The topological polar surface area (TPSA) is 39.7 Å². The number of rotatable bonds is 12. The van der Waals surface area contributed by atoms with Crippen LogP contribution >= 0.6 is 0 Å². The molecular formula is C13H27NO3. The first-order valence-corrected chi connectivity index (χ1v) is 6.78. The summed E-state index contributed by atoms with van der Waals surface area (Å²) >= 11 is 0. The first-order chi connectivity index (χ1) is 8.36. The van der Waals surface area contributed by atoms with Crippen molar-refractivity contribution in [3.63, 3.8) is 0 Å². The third-order valence-electron chi connectivity index (χ3n) is 2.89. The van der Waals surface area contributed by atoms with Crippen LogP contribution in [0.1, 0.15) is 32.6 Å². The summed E-state index contributed by atoms with van der Waals surface area (Å²) < 4.78 is 16.1. The van der Waals surface area contributed by atoms with E-state index in [1.54, 1.807) is 7.11 Å². The minimum Gasteiger partial charge on any atom is -0.382 e. The van der Waals surface area contributed by atoms with Gasteiger partial charge in [0.05, 0.1) is 19.3 Å². The number of hydrogen-bond donors (Lipinski definition) is 1. The van der Waals surface area contributed by atoms with E-state index in [1.165, 1.54) is 12.8 Å². The zero-order valence-electron chi connectivity index (χ0n) is 11.2. The Morgan fingerprint density at radius 3 is 2.65 bits per heavy atom. The molecule has 4 nitrogen and oxygen atoms in total. The molecule has 1 fully saturated rings. The molecule has 0 amide bonds. The Balaban J connectivity index is 1.84. The first kappa shape index (κ1) is 14.9. The second-order valence-electron chi connectivity index (χ2n) is 4.54. The van der Waals surface area contributed by atoms with E-state index >= 15 is 0 Å². The Hall–Kier alpha value is -0.160. The van der Waals surface area contributed by atoms with Crippen molar-refractivity contribution in [2.75, 3.05) is 40.1 Å². The number of nitrogens with one attached hydrogen (secondary N) is 1. The molecule has 0 aromatic rings. The molecule has 1 N–H and O–H groups in total. The van der Waals surface area contributed by atoms with Crippen LogP contribution in [0.15, 0.2) is 0 Å². The van der Waals surface area contributed by atoms with Crippen LogP contribution in [0.3, 0.4) is 0 Å². The van der Waals surface area contributed by atoms with Gasteiger partial charge in [-0.2, -0.15) is 0 Å². The molecule has 0 saturated heterocycles. The average molecular weight is 245 g/mol. The second kappa shape index (κ2) is 9.83. The maximum atomic E-state index is 5.80. The van der Waals surface area contributed by atoms with E-state index in [2.05, 4.69) is 12.2 Å². The summed E-state index contributed by atoms with van der Waals surface area (Å²) in [4.78, 5) is 0. The molecule has 1 aliphatic rings. The summed E-state index contributed by atoms with van der Waals surface area (Å²) in [6.45, 7) is 6.06. The molecule has 0 bridgehead atoms. The quantitative estimate of drug-likeness (QED) is 0.530. The summed E-state index contributed by atoms with van der Waals surface area (Å²) in [5.41, 5.74) is 0. The Labute approximate surface area is 105 Å². The highest BCUT2D eigenvalue weighted by molar-refractivity contribution is 4.81. The molecule has 17 heavy (non-hydrogen) atoms. The van der Waals surface area contributed by atoms with Gasteiger partial charge in [-0.05, 0) is 25.7 Å². The fraction of sp³-hybridized carbons (Fsp3) is 1.00. The molecule has 0 radical (unpaired) electrons. The van der Waals surface area contributed by atoms with E-state index in [1.807, 2.05) is 0 Å². The molecule has 4 heteroatoms. The van der Waals surface area contributed by atoms with E-state index in [0.717, 1.165) is 38.6 Å². The molecule has 102 valence electrons. The Morgan fingerprint density at radius 2 is 2.00 bits per heavy atom. The molecule has 0 aromatic heterocycles. The van der Waals surface area contributed by atoms with Crippen LogP contribution in [0.4, 0.5) is 0 Å². The molecule has 1 rings (SSSR count). The zero-order valence-corrected chi connectivity index (χ0v) is 11.2. The Morgan fingerprint density at radius 1 is 1.18 bits per heavy atom. The highest BCUT2D eigenvalue weighted by atomic mass is 16.5. The zero-order chi connectivity index (χ0) is 12.3. The molecule has 1 aliphatic carbocycles. The van der Waals surface area contributed by atoms with Gasteiger partial charge in [0.1, 0.15) is 0 Å². The first-order valence-electron chi connectivity index (χ1n) is 6.78. The lowest BCUT2D eigenvalue weighted by Gasteiger charge is -2.16. The van der Waals surface area contributed by atoms with E-state index in [0.29, 0.717) is 19.3 Å². The number of hydrogen-bond acceptors (Lipinski definition) is 4. The largest absolute Gasteiger partial charge is 0.382 e. The lowest BCUT2D eigenvalue weighted by Crippen LogP contribution is -2.30. The normalized spacial score (nSPS) is 17.3. The summed E-state index contributed by atoms with van der Waals surface area (Å²) in [5, 5.41) is 3.50. The van der Waals surface area contributed by atoms with Gasteiger partial charge in [0.15, 0.2) is 0 Å². The van der Waals surface area contributed by atoms with E-state index in [9.17, 15) is 0 Å². The highest BCUT2D eigenvalue weighted by Gasteiger charge is 2.21. The minimum atomic E-state index is 0.356. The third kappa shape index (κ3) is 8.55. The van der Waals surface area contributed by atoms with Gasteiger partial charge in [-0.25, -0.2) is 0 Å². The number of methoxy groups -OCH3 is 1. The van der Waals surface area contributed by atoms with Gasteiger partial charge in [0.25, 0.3) is 0 Å². The van der Waals surface area contributed by atoms with Gasteiger partial charge >= 0.3 is 0 Å². The van der Waals surface area contributed by atoms with Gasteiger partial charge < -0.3 is 19.5 Å².